The van der Waals surface area contributed by atoms with Crippen LogP contribution in [-0.4, -0.2) is 19.1 Å². The van der Waals surface area contributed by atoms with Crippen LogP contribution in [0.15, 0.2) is 40.2 Å². The van der Waals surface area contributed by atoms with Crippen LogP contribution in [0.25, 0.3) is 0 Å². The Hall–Kier alpha value is -1.86. The largest absolute Gasteiger partial charge is 0.453 e. The topological polar surface area (TPSA) is 67.4 Å². The van der Waals surface area contributed by atoms with Gasteiger partial charge in [-0.25, -0.2) is 4.79 Å². The molecular weight excluding hydrogens is 380 g/mol. The van der Waals surface area contributed by atoms with Crippen molar-refractivity contribution in [2.45, 2.75) is 19.3 Å². The number of anilines is 2. The summed E-state index contributed by atoms with van der Waals surface area (Å²) in [5, 5.41) is 5.39. The van der Waals surface area contributed by atoms with Gasteiger partial charge in [-0.15, -0.1) is 11.3 Å². The number of carbonyl (C=O) groups excluding carboxylic acids is 2. The van der Waals surface area contributed by atoms with Crippen molar-refractivity contribution in [3.63, 3.8) is 0 Å². The fourth-order valence-electron chi connectivity index (χ4n) is 1.94. The Morgan fingerprint density at radius 1 is 1.09 bits per heavy atom. The summed E-state index contributed by atoms with van der Waals surface area (Å²) in [4.78, 5) is 24.3. The Kier molecular flexibility index (Phi) is 6.61. The highest BCUT2D eigenvalue weighted by atomic mass is 79.9. The van der Waals surface area contributed by atoms with Gasteiger partial charge in [-0.2, -0.15) is 0 Å². The molecule has 2 amide bonds. The van der Waals surface area contributed by atoms with E-state index < -0.39 is 6.09 Å². The maximum Gasteiger partial charge on any atom is 0.411 e. The first kappa shape index (κ1) is 17.5. The summed E-state index contributed by atoms with van der Waals surface area (Å²) < 4.78 is 5.62. The molecule has 0 atom stereocenters. The smallest absolute Gasteiger partial charge is 0.411 e. The van der Waals surface area contributed by atoms with Crippen molar-refractivity contribution < 1.29 is 14.3 Å². The lowest BCUT2D eigenvalue weighted by Gasteiger charge is -2.07. The Labute approximate surface area is 147 Å². The molecule has 2 rings (SSSR count). The number of hydrogen-bond acceptors (Lipinski definition) is 4. The van der Waals surface area contributed by atoms with Gasteiger partial charge in [-0.3, -0.25) is 10.1 Å². The van der Waals surface area contributed by atoms with Gasteiger partial charge in [-0.1, -0.05) is 0 Å². The number of aryl methyl sites for hydroxylation is 1. The van der Waals surface area contributed by atoms with E-state index >= 15 is 0 Å². The molecule has 0 saturated heterocycles. The van der Waals surface area contributed by atoms with E-state index in [1.54, 1.807) is 35.6 Å². The quantitative estimate of drug-likeness (QED) is 0.746. The summed E-state index contributed by atoms with van der Waals surface area (Å²) in [5.74, 6) is -0.0192. The summed E-state index contributed by atoms with van der Waals surface area (Å²) in [5.41, 5.74) is 1.31. The van der Waals surface area contributed by atoms with E-state index in [4.69, 9.17) is 0 Å². The van der Waals surface area contributed by atoms with Gasteiger partial charge in [0.25, 0.3) is 0 Å². The molecule has 0 aliphatic carbocycles. The summed E-state index contributed by atoms with van der Waals surface area (Å²) >= 11 is 5.12. The summed E-state index contributed by atoms with van der Waals surface area (Å²) in [6.07, 6.45) is 1.64. The van der Waals surface area contributed by atoms with Crippen LogP contribution in [0.3, 0.4) is 0 Å². The molecule has 0 radical (unpaired) electrons. The molecule has 5 nitrogen and oxygen atoms in total. The van der Waals surface area contributed by atoms with Crippen LogP contribution in [0.4, 0.5) is 16.2 Å². The lowest BCUT2D eigenvalue weighted by Crippen LogP contribution is -2.12. The number of benzene rings is 1. The molecule has 0 fully saturated rings. The lowest BCUT2D eigenvalue weighted by molar-refractivity contribution is -0.116. The normalized spacial score (nSPS) is 10.2. The molecule has 1 aromatic carbocycles. The number of halogens is 1. The molecule has 7 heteroatoms. The molecule has 122 valence electrons. The number of amides is 2. The van der Waals surface area contributed by atoms with E-state index in [2.05, 4.69) is 37.4 Å². The van der Waals surface area contributed by atoms with E-state index in [-0.39, 0.29) is 5.91 Å². The molecule has 0 aliphatic rings. The van der Waals surface area contributed by atoms with Crippen LogP contribution >= 0.6 is 27.3 Å². The molecule has 1 aromatic heterocycles. The van der Waals surface area contributed by atoms with Crippen LogP contribution in [0.1, 0.15) is 17.7 Å². The van der Waals surface area contributed by atoms with Crippen molar-refractivity contribution in [1.29, 1.82) is 0 Å². The minimum atomic E-state index is -0.526. The van der Waals surface area contributed by atoms with Gasteiger partial charge in [-0.05, 0) is 65.2 Å². The highest BCUT2D eigenvalue weighted by Crippen LogP contribution is 2.23. The fourth-order valence-corrected chi connectivity index (χ4v) is 3.46. The molecule has 0 unspecified atom stereocenters. The van der Waals surface area contributed by atoms with Crippen LogP contribution in [0.2, 0.25) is 0 Å². The standard InChI is InChI=1S/C16H17BrN2O3S/c1-22-16(21)19-12-7-5-11(6-8-12)18-15(20)4-2-3-13-9-10-14(17)23-13/h5-10H,2-4H2,1H3,(H,18,20)(H,19,21). The second-order valence-corrected chi connectivity index (χ2v) is 7.35. The molecule has 1 heterocycles. The van der Waals surface area contributed by atoms with Gasteiger partial charge in [0.15, 0.2) is 0 Å². The average molecular weight is 397 g/mol. The van der Waals surface area contributed by atoms with Crippen molar-refractivity contribution >= 4 is 50.6 Å². The van der Waals surface area contributed by atoms with E-state index in [1.807, 2.05) is 6.07 Å². The van der Waals surface area contributed by atoms with Crippen LogP contribution in [0.5, 0.6) is 0 Å². The number of ether oxygens (including phenoxy) is 1. The first-order valence-corrected chi connectivity index (χ1v) is 8.67. The fraction of sp³-hybridized carbons (Fsp3) is 0.250. The highest BCUT2D eigenvalue weighted by molar-refractivity contribution is 9.11. The minimum Gasteiger partial charge on any atom is -0.453 e. The summed E-state index contributed by atoms with van der Waals surface area (Å²) in [6.45, 7) is 0. The Balaban J connectivity index is 1.75. The van der Waals surface area contributed by atoms with Crippen LogP contribution in [0, 0.1) is 0 Å². The van der Waals surface area contributed by atoms with Crippen molar-refractivity contribution in [3.05, 3.63) is 45.1 Å². The molecule has 0 aliphatic heterocycles. The number of rotatable bonds is 6. The monoisotopic (exact) mass is 396 g/mol. The number of nitrogens with one attached hydrogen (secondary N) is 2. The van der Waals surface area contributed by atoms with Gasteiger partial charge >= 0.3 is 6.09 Å². The van der Waals surface area contributed by atoms with Gasteiger partial charge in [0.05, 0.1) is 10.9 Å². The second-order valence-electron chi connectivity index (χ2n) is 4.80. The third-order valence-electron chi connectivity index (χ3n) is 3.06. The van der Waals surface area contributed by atoms with Gasteiger partial charge in [0.1, 0.15) is 0 Å². The van der Waals surface area contributed by atoms with Gasteiger partial charge in [0.2, 0.25) is 5.91 Å². The number of thiophene rings is 1. The number of methoxy groups -OCH3 is 1. The summed E-state index contributed by atoms with van der Waals surface area (Å²) in [6, 6.07) is 11.0. The first-order chi connectivity index (χ1) is 11.1. The zero-order valence-corrected chi connectivity index (χ0v) is 15.0. The van der Waals surface area contributed by atoms with E-state index in [9.17, 15) is 9.59 Å². The van der Waals surface area contributed by atoms with E-state index in [0.717, 1.165) is 16.6 Å². The Morgan fingerprint density at radius 2 is 1.74 bits per heavy atom. The minimum absolute atomic E-state index is 0.0192. The van der Waals surface area contributed by atoms with Crippen LogP contribution in [-0.2, 0) is 16.0 Å². The molecule has 2 N–H and O–H groups in total. The maximum atomic E-state index is 11.9. The lowest BCUT2D eigenvalue weighted by atomic mass is 10.2. The Morgan fingerprint density at radius 3 is 2.30 bits per heavy atom. The van der Waals surface area contributed by atoms with E-state index in [0.29, 0.717) is 17.8 Å². The zero-order valence-electron chi connectivity index (χ0n) is 12.6. The second kappa shape index (κ2) is 8.69. The van der Waals surface area contributed by atoms with Crippen molar-refractivity contribution in [3.8, 4) is 0 Å². The first-order valence-electron chi connectivity index (χ1n) is 7.06. The van der Waals surface area contributed by atoms with Crippen LogP contribution < -0.4 is 10.6 Å². The third-order valence-corrected chi connectivity index (χ3v) is 4.74. The van der Waals surface area contributed by atoms with Crippen molar-refractivity contribution in [1.82, 2.24) is 0 Å². The molecule has 0 bridgehead atoms. The maximum absolute atomic E-state index is 11.9. The highest BCUT2D eigenvalue weighted by Gasteiger charge is 2.05. The van der Waals surface area contributed by atoms with Crippen molar-refractivity contribution in [2.75, 3.05) is 17.7 Å². The molecule has 23 heavy (non-hydrogen) atoms. The SMILES string of the molecule is COC(=O)Nc1ccc(NC(=O)CCCc2ccc(Br)s2)cc1. The number of hydrogen-bond donors (Lipinski definition) is 2. The van der Waals surface area contributed by atoms with Crippen molar-refractivity contribution in [2.24, 2.45) is 0 Å². The van der Waals surface area contributed by atoms with Gasteiger partial charge in [0, 0.05) is 22.7 Å². The number of carbonyl (C=O) groups is 2. The molecule has 2 aromatic rings. The molecule has 0 spiro atoms. The average Bonchev–Trinajstić information content (AvgIpc) is 2.94. The molecular formula is C16H17BrN2O3S. The van der Waals surface area contributed by atoms with Gasteiger partial charge < -0.3 is 10.1 Å². The zero-order chi connectivity index (χ0) is 16.7. The predicted molar refractivity (Wildman–Crippen MR) is 96.1 cm³/mol. The van der Waals surface area contributed by atoms with E-state index in [1.165, 1.54) is 12.0 Å². The predicted octanol–water partition coefficient (Wildman–Crippen LogP) is 4.65. The Bertz CT molecular complexity index is 670. The third kappa shape index (κ3) is 6.03. The molecule has 0 saturated carbocycles. The summed E-state index contributed by atoms with van der Waals surface area (Å²) in [7, 11) is 1.30.